The predicted octanol–water partition coefficient (Wildman–Crippen LogP) is 4.72. The Kier molecular flexibility index (Phi) is 4.21. The Labute approximate surface area is 98.7 Å². The first-order valence-corrected chi connectivity index (χ1v) is 6.19. The van der Waals surface area contributed by atoms with E-state index in [0.717, 1.165) is 6.42 Å². The van der Waals surface area contributed by atoms with Gasteiger partial charge in [0.15, 0.2) is 0 Å². The number of benzene rings is 1. The topological polar surface area (TPSA) is 0 Å². The zero-order chi connectivity index (χ0) is 11.5. The summed E-state index contributed by atoms with van der Waals surface area (Å²) >= 11 is 5.93. The third-order valence-electron chi connectivity index (χ3n) is 2.93. The molecule has 0 nitrogen and oxygen atoms in total. The number of halogens is 1. The molecular formula is C14H21Cl. The fraction of sp³-hybridized carbons (Fsp3) is 0.571. The molecule has 1 aromatic carbocycles. The largest absolute Gasteiger partial charge is 0.126 e. The highest BCUT2D eigenvalue weighted by molar-refractivity contribution is 6.18. The standard InChI is InChI=1S/C14H21Cl/c1-5-11(10-15)12-6-8-13(9-7-12)14(2,3)4/h6-9,11H,5,10H2,1-4H3. The summed E-state index contributed by atoms with van der Waals surface area (Å²) in [5.41, 5.74) is 2.98. The normalized spacial score (nSPS) is 13.9. The van der Waals surface area contributed by atoms with Crippen molar-refractivity contribution in [1.29, 1.82) is 0 Å². The van der Waals surface area contributed by atoms with Crippen LogP contribution in [0.5, 0.6) is 0 Å². The Bertz CT molecular complexity index is 288. The highest BCUT2D eigenvalue weighted by atomic mass is 35.5. The Morgan fingerprint density at radius 1 is 1.13 bits per heavy atom. The molecule has 0 spiro atoms. The fourth-order valence-corrected chi connectivity index (χ4v) is 2.09. The van der Waals surface area contributed by atoms with Crippen molar-refractivity contribution in [3.63, 3.8) is 0 Å². The molecule has 1 heteroatoms. The van der Waals surface area contributed by atoms with Crippen molar-refractivity contribution in [2.45, 2.75) is 45.4 Å². The van der Waals surface area contributed by atoms with E-state index in [4.69, 9.17) is 11.6 Å². The highest BCUT2D eigenvalue weighted by Crippen LogP contribution is 2.26. The van der Waals surface area contributed by atoms with Gasteiger partial charge in [0.2, 0.25) is 0 Å². The third kappa shape index (κ3) is 3.24. The molecule has 1 unspecified atom stereocenters. The van der Waals surface area contributed by atoms with Crippen LogP contribution in [0.2, 0.25) is 0 Å². The molecule has 0 aromatic heterocycles. The quantitative estimate of drug-likeness (QED) is 0.652. The van der Waals surface area contributed by atoms with Crippen LogP contribution in [0, 0.1) is 0 Å². The predicted molar refractivity (Wildman–Crippen MR) is 68.9 cm³/mol. The smallest absolute Gasteiger partial charge is 0.0292 e. The van der Waals surface area contributed by atoms with Crippen LogP contribution in [0.4, 0.5) is 0 Å². The molecule has 0 aliphatic rings. The maximum atomic E-state index is 5.93. The molecule has 1 aromatic rings. The number of hydrogen-bond acceptors (Lipinski definition) is 0. The van der Waals surface area contributed by atoms with E-state index in [-0.39, 0.29) is 5.41 Å². The first-order valence-electron chi connectivity index (χ1n) is 5.65. The monoisotopic (exact) mass is 224 g/mol. The molecule has 0 heterocycles. The molecule has 1 atom stereocenters. The van der Waals surface area contributed by atoms with E-state index in [1.165, 1.54) is 11.1 Å². The van der Waals surface area contributed by atoms with Gasteiger partial charge in [-0.1, -0.05) is 52.0 Å². The Balaban J connectivity index is 2.89. The molecule has 0 radical (unpaired) electrons. The van der Waals surface area contributed by atoms with Gasteiger partial charge in [0.1, 0.15) is 0 Å². The summed E-state index contributed by atoms with van der Waals surface area (Å²) in [7, 11) is 0. The van der Waals surface area contributed by atoms with Crippen molar-refractivity contribution in [3.8, 4) is 0 Å². The van der Waals surface area contributed by atoms with Crippen LogP contribution < -0.4 is 0 Å². The number of hydrogen-bond donors (Lipinski definition) is 0. The van der Waals surface area contributed by atoms with Gasteiger partial charge in [-0.3, -0.25) is 0 Å². The van der Waals surface area contributed by atoms with E-state index in [1.54, 1.807) is 0 Å². The van der Waals surface area contributed by atoms with Crippen molar-refractivity contribution >= 4 is 11.6 Å². The minimum absolute atomic E-state index is 0.237. The van der Waals surface area contributed by atoms with Crippen LogP contribution >= 0.6 is 11.6 Å². The van der Waals surface area contributed by atoms with E-state index in [1.807, 2.05) is 0 Å². The molecular weight excluding hydrogens is 204 g/mol. The van der Waals surface area contributed by atoms with Crippen molar-refractivity contribution in [1.82, 2.24) is 0 Å². The number of rotatable bonds is 3. The van der Waals surface area contributed by atoms with Gasteiger partial charge in [-0.2, -0.15) is 0 Å². The maximum Gasteiger partial charge on any atom is 0.0292 e. The van der Waals surface area contributed by atoms with Crippen molar-refractivity contribution in [3.05, 3.63) is 35.4 Å². The SMILES string of the molecule is CCC(CCl)c1ccc(C(C)(C)C)cc1. The summed E-state index contributed by atoms with van der Waals surface area (Å²) in [6, 6.07) is 8.89. The highest BCUT2D eigenvalue weighted by Gasteiger charge is 2.14. The summed E-state index contributed by atoms with van der Waals surface area (Å²) < 4.78 is 0. The molecule has 0 fully saturated rings. The first-order chi connectivity index (χ1) is 6.99. The minimum Gasteiger partial charge on any atom is -0.126 e. The van der Waals surface area contributed by atoms with Gasteiger partial charge in [-0.05, 0) is 28.9 Å². The average Bonchev–Trinajstić information content (AvgIpc) is 2.19. The van der Waals surface area contributed by atoms with Gasteiger partial charge in [-0.15, -0.1) is 11.6 Å². The summed E-state index contributed by atoms with van der Waals surface area (Å²) in [4.78, 5) is 0. The molecule has 0 N–H and O–H groups in total. The minimum atomic E-state index is 0.237. The zero-order valence-electron chi connectivity index (χ0n) is 10.2. The fourth-order valence-electron chi connectivity index (χ4n) is 1.69. The van der Waals surface area contributed by atoms with E-state index in [0.29, 0.717) is 11.8 Å². The molecule has 1 rings (SSSR count). The van der Waals surface area contributed by atoms with Gasteiger partial charge in [0, 0.05) is 5.88 Å². The average molecular weight is 225 g/mol. The molecule has 0 saturated carbocycles. The van der Waals surface area contributed by atoms with Crippen LogP contribution in [-0.2, 0) is 5.41 Å². The first kappa shape index (κ1) is 12.6. The lowest BCUT2D eigenvalue weighted by atomic mass is 9.85. The molecule has 15 heavy (non-hydrogen) atoms. The van der Waals surface area contributed by atoms with Gasteiger partial charge in [0.05, 0.1) is 0 Å². The van der Waals surface area contributed by atoms with Gasteiger partial charge in [0.25, 0.3) is 0 Å². The van der Waals surface area contributed by atoms with Crippen LogP contribution in [-0.4, -0.2) is 5.88 Å². The Morgan fingerprint density at radius 2 is 1.67 bits per heavy atom. The summed E-state index contributed by atoms with van der Waals surface area (Å²) in [5, 5.41) is 0. The van der Waals surface area contributed by atoms with Crippen molar-refractivity contribution in [2.24, 2.45) is 0 Å². The molecule has 0 saturated heterocycles. The molecule has 84 valence electrons. The lowest BCUT2D eigenvalue weighted by molar-refractivity contribution is 0.589. The lowest BCUT2D eigenvalue weighted by Gasteiger charge is -2.20. The third-order valence-corrected chi connectivity index (χ3v) is 3.30. The van der Waals surface area contributed by atoms with Crippen LogP contribution in [0.1, 0.15) is 51.2 Å². The summed E-state index contributed by atoms with van der Waals surface area (Å²) in [6.07, 6.45) is 1.11. The van der Waals surface area contributed by atoms with E-state index in [9.17, 15) is 0 Å². The maximum absolute atomic E-state index is 5.93. The van der Waals surface area contributed by atoms with E-state index < -0.39 is 0 Å². The second-order valence-electron chi connectivity index (χ2n) is 5.13. The molecule has 0 aliphatic carbocycles. The zero-order valence-corrected chi connectivity index (χ0v) is 10.9. The molecule has 0 aliphatic heterocycles. The Hall–Kier alpha value is -0.490. The second-order valence-corrected chi connectivity index (χ2v) is 5.44. The number of alkyl halides is 1. The van der Waals surface area contributed by atoms with Gasteiger partial charge >= 0.3 is 0 Å². The Morgan fingerprint density at radius 3 is 2.00 bits per heavy atom. The van der Waals surface area contributed by atoms with Crippen LogP contribution in [0.15, 0.2) is 24.3 Å². The van der Waals surface area contributed by atoms with Crippen molar-refractivity contribution in [2.75, 3.05) is 5.88 Å². The van der Waals surface area contributed by atoms with Crippen LogP contribution in [0.3, 0.4) is 0 Å². The van der Waals surface area contributed by atoms with E-state index in [2.05, 4.69) is 52.0 Å². The van der Waals surface area contributed by atoms with Gasteiger partial charge in [-0.25, -0.2) is 0 Å². The summed E-state index contributed by atoms with van der Waals surface area (Å²) in [6.45, 7) is 8.90. The molecule has 0 bridgehead atoms. The van der Waals surface area contributed by atoms with Gasteiger partial charge < -0.3 is 0 Å². The lowest BCUT2D eigenvalue weighted by Crippen LogP contribution is -2.11. The molecule has 0 amide bonds. The van der Waals surface area contributed by atoms with Crippen LogP contribution in [0.25, 0.3) is 0 Å². The summed E-state index contributed by atoms with van der Waals surface area (Å²) in [5.74, 6) is 1.21. The van der Waals surface area contributed by atoms with Crippen molar-refractivity contribution < 1.29 is 0 Å². The second kappa shape index (κ2) is 5.03. The van der Waals surface area contributed by atoms with E-state index >= 15 is 0 Å².